The number of amides is 2. The van der Waals surface area contributed by atoms with E-state index >= 15 is 0 Å². The number of urea groups is 1. The molecule has 142 valence electrons. The number of nitrogens with zero attached hydrogens (tertiary/aromatic N) is 1. The van der Waals surface area contributed by atoms with E-state index in [2.05, 4.69) is 5.32 Å². The maximum Gasteiger partial charge on any atom is 0.326 e. The Hall–Kier alpha value is -2.87. The molecule has 1 aliphatic rings. The zero-order valence-electron chi connectivity index (χ0n) is 14.7. The molecule has 0 aliphatic carbocycles. The number of rotatable bonds is 5. The van der Waals surface area contributed by atoms with Crippen LogP contribution in [-0.2, 0) is 14.3 Å². The number of carboxylic acids is 1. The van der Waals surface area contributed by atoms with Crippen LogP contribution < -0.4 is 5.32 Å². The van der Waals surface area contributed by atoms with Gasteiger partial charge in [-0.25, -0.2) is 9.59 Å². The number of esters is 1. The first-order valence-corrected chi connectivity index (χ1v) is 9.48. The molecule has 0 radical (unpaired) electrons. The fraction of sp³-hybridized carbons (Fsp3) is 0.316. The van der Waals surface area contributed by atoms with Crippen molar-refractivity contribution in [1.82, 2.24) is 4.90 Å². The van der Waals surface area contributed by atoms with E-state index in [4.69, 9.17) is 4.74 Å². The van der Waals surface area contributed by atoms with Gasteiger partial charge in [0.25, 0.3) is 0 Å². The lowest BCUT2D eigenvalue weighted by molar-refractivity contribution is -0.148. The molecule has 1 fully saturated rings. The normalized spacial score (nSPS) is 21.7. The SMILES string of the molecule is CCOC(=O)C1CC(C(=O)O)N(C(=O)Nc2ccccc2)C1c1cccs1. The lowest BCUT2D eigenvalue weighted by atomic mass is 9.98. The van der Waals surface area contributed by atoms with Crippen molar-refractivity contribution in [3.05, 3.63) is 52.7 Å². The van der Waals surface area contributed by atoms with E-state index in [0.29, 0.717) is 5.69 Å². The summed E-state index contributed by atoms with van der Waals surface area (Å²) in [6.07, 6.45) is 0.0128. The number of carboxylic acid groups (broad SMARTS) is 1. The lowest BCUT2D eigenvalue weighted by Gasteiger charge is -2.29. The van der Waals surface area contributed by atoms with E-state index in [1.807, 2.05) is 17.5 Å². The van der Waals surface area contributed by atoms with Crippen molar-refractivity contribution in [2.45, 2.75) is 25.4 Å². The Balaban J connectivity index is 1.96. The summed E-state index contributed by atoms with van der Waals surface area (Å²) in [7, 11) is 0. The molecule has 1 aromatic carbocycles. The Morgan fingerprint density at radius 3 is 2.56 bits per heavy atom. The molecule has 7 nitrogen and oxygen atoms in total. The van der Waals surface area contributed by atoms with Gasteiger partial charge in [0.2, 0.25) is 0 Å². The molecule has 2 amide bonds. The molecule has 2 heterocycles. The smallest absolute Gasteiger partial charge is 0.326 e. The number of nitrogens with one attached hydrogen (secondary N) is 1. The van der Waals surface area contributed by atoms with Crippen molar-refractivity contribution in [2.75, 3.05) is 11.9 Å². The van der Waals surface area contributed by atoms with Crippen molar-refractivity contribution < 1.29 is 24.2 Å². The Kier molecular flexibility index (Phi) is 5.75. The summed E-state index contributed by atoms with van der Waals surface area (Å²) in [5.41, 5.74) is 0.552. The number of carbonyl (C=O) groups is 3. The third-order valence-electron chi connectivity index (χ3n) is 4.46. The number of likely N-dealkylation sites (tertiary alicyclic amines) is 1. The molecule has 1 aromatic heterocycles. The average molecular weight is 388 g/mol. The summed E-state index contributed by atoms with van der Waals surface area (Å²) in [5, 5.41) is 14.2. The molecule has 3 unspecified atom stereocenters. The van der Waals surface area contributed by atoms with E-state index < -0.39 is 36.0 Å². The highest BCUT2D eigenvalue weighted by atomic mass is 32.1. The van der Waals surface area contributed by atoms with E-state index in [1.54, 1.807) is 37.3 Å². The fourth-order valence-corrected chi connectivity index (χ4v) is 4.23. The zero-order chi connectivity index (χ0) is 19.4. The van der Waals surface area contributed by atoms with Crippen LogP contribution in [0.1, 0.15) is 24.3 Å². The minimum Gasteiger partial charge on any atom is -0.480 e. The summed E-state index contributed by atoms with van der Waals surface area (Å²) in [5.74, 6) is -2.37. The first-order chi connectivity index (χ1) is 13.0. The fourth-order valence-electron chi connectivity index (χ4n) is 3.34. The van der Waals surface area contributed by atoms with Crippen LogP contribution in [-0.4, -0.2) is 40.6 Å². The van der Waals surface area contributed by atoms with Crippen LogP contribution in [0.3, 0.4) is 0 Å². The van der Waals surface area contributed by atoms with Gasteiger partial charge in [-0.2, -0.15) is 0 Å². The number of hydrogen-bond donors (Lipinski definition) is 2. The van der Waals surface area contributed by atoms with E-state index in [9.17, 15) is 19.5 Å². The first kappa shape index (κ1) is 18.9. The molecule has 0 spiro atoms. The third kappa shape index (κ3) is 3.95. The number of benzene rings is 1. The number of anilines is 1. The third-order valence-corrected chi connectivity index (χ3v) is 5.41. The van der Waals surface area contributed by atoms with Crippen molar-refractivity contribution >= 4 is 35.0 Å². The van der Waals surface area contributed by atoms with Crippen LogP contribution in [0.5, 0.6) is 0 Å². The second-order valence-corrected chi connectivity index (χ2v) is 7.09. The van der Waals surface area contributed by atoms with Gasteiger partial charge in [-0.3, -0.25) is 4.79 Å². The number of thiophene rings is 1. The first-order valence-electron chi connectivity index (χ1n) is 8.60. The van der Waals surface area contributed by atoms with Gasteiger partial charge >= 0.3 is 18.0 Å². The van der Waals surface area contributed by atoms with Gasteiger partial charge in [-0.1, -0.05) is 24.3 Å². The van der Waals surface area contributed by atoms with Crippen LogP contribution in [0, 0.1) is 5.92 Å². The maximum absolute atomic E-state index is 13.0. The molecule has 8 heteroatoms. The quantitative estimate of drug-likeness (QED) is 0.766. The summed E-state index contributed by atoms with van der Waals surface area (Å²) in [4.78, 5) is 39.3. The van der Waals surface area contributed by atoms with Crippen LogP contribution in [0.2, 0.25) is 0 Å². The molecule has 3 rings (SSSR count). The van der Waals surface area contributed by atoms with Crippen molar-refractivity contribution in [3.8, 4) is 0 Å². The van der Waals surface area contributed by atoms with E-state index in [0.717, 1.165) is 4.88 Å². The van der Waals surface area contributed by atoms with Crippen molar-refractivity contribution in [1.29, 1.82) is 0 Å². The Morgan fingerprint density at radius 2 is 1.96 bits per heavy atom. The number of aliphatic carboxylic acids is 1. The van der Waals surface area contributed by atoms with Gasteiger partial charge in [-0.15, -0.1) is 11.3 Å². The second kappa shape index (κ2) is 8.22. The predicted octanol–water partition coefficient (Wildman–Crippen LogP) is 3.36. The molecule has 1 saturated heterocycles. The van der Waals surface area contributed by atoms with Crippen LogP contribution in [0.4, 0.5) is 10.5 Å². The van der Waals surface area contributed by atoms with Crippen LogP contribution in [0.15, 0.2) is 47.8 Å². The zero-order valence-corrected chi connectivity index (χ0v) is 15.5. The summed E-state index contributed by atoms with van der Waals surface area (Å²) in [6, 6.07) is 10.0. The highest BCUT2D eigenvalue weighted by molar-refractivity contribution is 7.10. The summed E-state index contributed by atoms with van der Waals surface area (Å²) < 4.78 is 5.14. The van der Waals surface area contributed by atoms with Gasteiger partial charge in [0.15, 0.2) is 0 Å². The van der Waals surface area contributed by atoms with Gasteiger partial charge in [0.05, 0.1) is 18.6 Å². The maximum atomic E-state index is 13.0. The summed E-state index contributed by atoms with van der Waals surface area (Å²) in [6.45, 7) is 1.89. The molecule has 3 atom stereocenters. The molecule has 2 aromatic rings. The molecule has 1 aliphatic heterocycles. The number of hydrogen-bond acceptors (Lipinski definition) is 5. The highest BCUT2D eigenvalue weighted by Gasteiger charge is 2.51. The minimum absolute atomic E-state index is 0.0128. The van der Waals surface area contributed by atoms with Crippen LogP contribution >= 0.6 is 11.3 Å². The van der Waals surface area contributed by atoms with Gasteiger partial charge in [-0.05, 0) is 36.9 Å². The molecule has 27 heavy (non-hydrogen) atoms. The van der Waals surface area contributed by atoms with Gasteiger partial charge in [0.1, 0.15) is 6.04 Å². The predicted molar refractivity (Wildman–Crippen MR) is 101 cm³/mol. The number of para-hydroxylation sites is 1. The number of ether oxygens (including phenoxy) is 1. The molecule has 2 N–H and O–H groups in total. The monoisotopic (exact) mass is 388 g/mol. The van der Waals surface area contributed by atoms with Gasteiger partial charge < -0.3 is 20.1 Å². The largest absolute Gasteiger partial charge is 0.480 e. The topological polar surface area (TPSA) is 95.9 Å². The average Bonchev–Trinajstić information content (AvgIpc) is 3.30. The van der Waals surface area contributed by atoms with E-state index in [1.165, 1.54) is 16.2 Å². The number of carbonyl (C=O) groups excluding carboxylic acids is 2. The minimum atomic E-state index is -1.15. The van der Waals surface area contributed by atoms with Crippen LogP contribution in [0.25, 0.3) is 0 Å². The van der Waals surface area contributed by atoms with Gasteiger partial charge in [0, 0.05) is 10.6 Å². The summed E-state index contributed by atoms with van der Waals surface area (Å²) >= 11 is 1.38. The van der Waals surface area contributed by atoms with Crippen molar-refractivity contribution in [2.24, 2.45) is 5.92 Å². The molecular weight excluding hydrogens is 368 g/mol. The molecule has 0 saturated carbocycles. The second-order valence-electron chi connectivity index (χ2n) is 6.11. The lowest BCUT2D eigenvalue weighted by Crippen LogP contribution is -2.44. The highest BCUT2D eigenvalue weighted by Crippen LogP contribution is 2.43. The molecule has 0 bridgehead atoms. The Labute approximate surface area is 160 Å². The Bertz CT molecular complexity index is 809. The Morgan fingerprint density at radius 1 is 1.22 bits per heavy atom. The standard InChI is InChI=1S/C19H20N2O5S/c1-2-26-18(24)13-11-14(17(22)23)21(16(13)15-9-6-10-27-15)19(25)20-12-7-4-3-5-8-12/h3-10,13-14,16H,2,11H2,1H3,(H,20,25)(H,22,23). The van der Waals surface area contributed by atoms with E-state index in [-0.39, 0.29) is 13.0 Å². The van der Waals surface area contributed by atoms with Crippen molar-refractivity contribution in [3.63, 3.8) is 0 Å². The molecular formula is C19H20N2O5S.